The molecule has 33 heavy (non-hydrogen) atoms. The van der Waals surface area contributed by atoms with Crippen molar-refractivity contribution in [3.63, 3.8) is 0 Å². The van der Waals surface area contributed by atoms with Crippen molar-refractivity contribution in [3.8, 4) is 0 Å². The van der Waals surface area contributed by atoms with Crippen molar-refractivity contribution in [3.05, 3.63) is 77.4 Å². The smallest absolute Gasteiger partial charge is 0.229 e. The van der Waals surface area contributed by atoms with Gasteiger partial charge >= 0.3 is 0 Å². The van der Waals surface area contributed by atoms with E-state index in [0.717, 1.165) is 47.6 Å². The van der Waals surface area contributed by atoms with Crippen LogP contribution in [0.4, 0.5) is 28.8 Å². The van der Waals surface area contributed by atoms with E-state index in [1.807, 2.05) is 36.4 Å². The molecule has 170 valence electrons. The molecule has 7 nitrogen and oxygen atoms in total. The number of hydrogen-bond donors (Lipinski definition) is 2. The van der Waals surface area contributed by atoms with Crippen LogP contribution in [0.2, 0.25) is 0 Å². The van der Waals surface area contributed by atoms with Crippen molar-refractivity contribution in [2.75, 3.05) is 48.8 Å². The molecule has 2 aromatic carbocycles. The Morgan fingerprint density at radius 1 is 1.09 bits per heavy atom. The fraction of sp³-hybridized carbons (Fsp3) is 0.240. The number of nitrogens with zero attached hydrogens (tertiary/aromatic N) is 4. The fourth-order valence-electron chi connectivity index (χ4n) is 3.65. The number of likely N-dealkylation sites (N-methyl/N-ethyl adjacent to an activating group) is 1. The molecule has 4 rings (SSSR count). The lowest BCUT2D eigenvalue weighted by Gasteiger charge is -2.34. The Kier molecular flexibility index (Phi) is 7.36. The summed E-state index contributed by atoms with van der Waals surface area (Å²) in [5.74, 6) is 1.06. The molecule has 0 radical (unpaired) electrons. The van der Waals surface area contributed by atoms with Crippen LogP contribution in [0.25, 0.3) is 0 Å². The lowest BCUT2D eigenvalue weighted by atomic mass is 10.1. The van der Waals surface area contributed by atoms with Crippen LogP contribution < -0.4 is 15.5 Å². The molecule has 0 unspecified atom stereocenters. The van der Waals surface area contributed by atoms with Gasteiger partial charge < -0.3 is 20.4 Å². The summed E-state index contributed by atoms with van der Waals surface area (Å²) < 4.78 is 0.725. The number of allylic oxidation sites excluding steroid dienone is 1. The first-order valence-corrected chi connectivity index (χ1v) is 11.6. The number of rotatable bonds is 8. The number of halogens is 1. The molecule has 1 aliphatic rings. The molecule has 1 aromatic heterocycles. The molecule has 1 aliphatic heterocycles. The highest BCUT2D eigenvalue weighted by molar-refractivity contribution is 9.10. The van der Waals surface area contributed by atoms with E-state index in [9.17, 15) is 4.79 Å². The third-order valence-electron chi connectivity index (χ3n) is 5.60. The van der Waals surface area contributed by atoms with Gasteiger partial charge in [-0.2, -0.15) is 4.98 Å². The van der Waals surface area contributed by atoms with Gasteiger partial charge in [0, 0.05) is 55.9 Å². The van der Waals surface area contributed by atoms with Crippen molar-refractivity contribution in [1.29, 1.82) is 0 Å². The molecular formula is C25H27BrN6O. The van der Waals surface area contributed by atoms with E-state index in [1.54, 1.807) is 6.20 Å². The SMILES string of the molecule is C=CC(=O)Cc1ccccc1Nc1nc(Nc2ccc(N3CCN(C)CC3)cc2)ncc1Br. The van der Waals surface area contributed by atoms with E-state index < -0.39 is 0 Å². The summed E-state index contributed by atoms with van der Waals surface area (Å²) in [4.78, 5) is 25.6. The second kappa shape index (κ2) is 10.6. The highest BCUT2D eigenvalue weighted by atomic mass is 79.9. The average Bonchev–Trinajstić information content (AvgIpc) is 2.83. The first kappa shape index (κ1) is 22.9. The Balaban J connectivity index is 1.47. The largest absolute Gasteiger partial charge is 0.369 e. The van der Waals surface area contributed by atoms with E-state index in [-0.39, 0.29) is 12.2 Å². The average molecular weight is 507 g/mol. The Labute approximate surface area is 202 Å². The lowest BCUT2D eigenvalue weighted by molar-refractivity contribution is -0.114. The second-order valence-corrected chi connectivity index (χ2v) is 8.84. The summed E-state index contributed by atoms with van der Waals surface area (Å²) in [7, 11) is 2.16. The standard InChI is InChI=1S/C25H27BrN6O/c1-3-21(33)16-18-6-4-5-7-23(18)29-24-22(26)17-27-25(30-24)28-19-8-10-20(11-9-19)32-14-12-31(2)13-15-32/h3-11,17H,1,12-16H2,2H3,(H2,27,28,29,30). The lowest BCUT2D eigenvalue weighted by Crippen LogP contribution is -2.44. The highest BCUT2D eigenvalue weighted by Crippen LogP contribution is 2.28. The van der Waals surface area contributed by atoms with E-state index in [2.05, 4.69) is 72.1 Å². The maximum absolute atomic E-state index is 11.9. The Morgan fingerprint density at radius 3 is 2.55 bits per heavy atom. The Morgan fingerprint density at radius 2 is 1.82 bits per heavy atom. The first-order valence-electron chi connectivity index (χ1n) is 10.8. The topological polar surface area (TPSA) is 73.4 Å². The number of anilines is 5. The van der Waals surface area contributed by atoms with Gasteiger partial charge in [0.2, 0.25) is 5.95 Å². The quantitative estimate of drug-likeness (QED) is 0.426. The molecule has 0 atom stereocenters. The molecule has 3 aromatic rings. The van der Waals surface area contributed by atoms with Gasteiger partial charge in [-0.1, -0.05) is 24.8 Å². The zero-order chi connectivity index (χ0) is 23.2. The molecule has 1 saturated heterocycles. The van der Waals surface area contributed by atoms with E-state index in [1.165, 1.54) is 11.8 Å². The third-order valence-corrected chi connectivity index (χ3v) is 6.18. The third kappa shape index (κ3) is 5.97. The number of carbonyl (C=O) groups excluding carboxylic acids is 1. The van der Waals surface area contributed by atoms with Gasteiger partial charge in [0.05, 0.1) is 4.47 Å². The number of ketones is 1. The van der Waals surface area contributed by atoms with Gasteiger partial charge in [-0.05, 0) is 64.9 Å². The number of piperazine rings is 1. The number of nitrogens with one attached hydrogen (secondary N) is 2. The van der Waals surface area contributed by atoms with Crippen LogP contribution in [0.5, 0.6) is 0 Å². The molecule has 1 fully saturated rings. The normalized spacial score (nSPS) is 14.1. The monoisotopic (exact) mass is 506 g/mol. The summed E-state index contributed by atoms with van der Waals surface area (Å²) in [5.41, 5.74) is 3.83. The van der Waals surface area contributed by atoms with Gasteiger partial charge in [0.1, 0.15) is 5.82 Å². The summed E-state index contributed by atoms with van der Waals surface area (Å²) >= 11 is 3.51. The summed E-state index contributed by atoms with van der Waals surface area (Å²) in [6.07, 6.45) is 3.32. The van der Waals surface area contributed by atoms with Crippen molar-refractivity contribution in [2.24, 2.45) is 0 Å². The van der Waals surface area contributed by atoms with Crippen molar-refractivity contribution >= 4 is 50.5 Å². The van der Waals surface area contributed by atoms with Crippen molar-refractivity contribution in [1.82, 2.24) is 14.9 Å². The number of hydrogen-bond acceptors (Lipinski definition) is 7. The first-order chi connectivity index (χ1) is 16.0. The fourth-order valence-corrected chi connectivity index (χ4v) is 3.94. The zero-order valence-electron chi connectivity index (χ0n) is 18.6. The van der Waals surface area contributed by atoms with Gasteiger partial charge in [-0.3, -0.25) is 4.79 Å². The highest BCUT2D eigenvalue weighted by Gasteiger charge is 2.14. The Bertz CT molecular complexity index is 1130. The Hall–Kier alpha value is -3.23. The maximum Gasteiger partial charge on any atom is 0.229 e. The van der Waals surface area contributed by atoms with Crippen LogP contribution in [-0.2, 0) is 11.2 Å². The minimum absolute atomic E-state index is 0.0339. The van der Waals surface area contributed by atoms with Crippen LogP contribution in [0, 0.1) is 0 Å². The van der Waals surface area contributed by atoms with E-state index in [4.69, 9.17) is 0 Å². The molecule has 0 bridgehead atoms. The number of aromatic nitrogens is 2. The summed E-state index contributed by atoms with van der Waals surface area (Å²) in [5, 5.41) is 6.59. The van der Waals surface area contributed by atoms with Crippen molar-refractivity contribution in [2.45, 2.75) is 6.42 Å². The van der Waals surface area contributed by atoms with Crippen LogP contribution in [0.3, 0.4) is 0 Å². The minimum atomic E-state index is -0.0339. The molecule has 0 aliphatic carbocycles. The molecule has 2 heterocycles. The van der Waals surface area contributed by atoms with E-state index >= 15 is 0 Å². The summed E-state index contributed by atoms with van der Waals surface area (Å²) in [6, 6.07) is 16.0. The van der Waals surface area contributed by atoms with Crippen LogP contribution in [0.15, 0.2) is 71.9 Å². The van der Waals surface area contributed by atoms with Crippen LogP contribution >= 0.6 is 15.9 Å². The maximum atomic E-state index is 11.9. The van der Waals surface area contributed by atoms with Crippen molar-refractivity contribution < 1.29 is 4.79 Å². The molecule has 0 amide bonds. The molecular weight excluding hydrogens is 480 g/mol. The number of benzene rings is 2. The van der Waals surface area contributed by atoms with Crippen LogP contribution in [-0.4, -0.2) is 53.9 Å². The number of para-hydroxylation sites is 1. The molecule has 0 spiro atoms. The molecule has 8 heteroatoms. The molecule has 2 N–H and O–H groups in total. The van der Waals surface area contributed by atoms with Gasteiger partial charge in [0.15, 0.2) is 5.78 Å². The predicted octanol–water partition coefficient (Wildman–Crippen LogP) is 4.78. The van der Waals surface area contributed by atoms with Gasteiger partial charge in [-0.25, -0.2) is 4.98 Å². The van der Waals surface area contributed by atoms with Gasteiger partial charge in [-0.15, -0.1) is 0 Å². The predicted molar refractivity (Wildman–Crippen MR) is 138 cm³/mol. The zero-order valence-corrected chi connectivity index (χ0v) is 20.2. The second-order valence-electron chi connectivity index (χ2n) is 7.98. The molecule has 0 saturated carbocycles. The summed E-state index contributed by atoms with van der Waals surface area (Å²) in [6.45, 7) is 7.78. The number of carbonyl (C=O) groups is 1. The van der Waals surface area contributed by atoms with Gasteiger partial charge in [0.25, 0.3) is 0 Å². The minimum Gasteiger partial charge on any atom is -0.369 e. The van der Waals surface area contributed by atoms with E-state index in [0.29, 0.717) is 11.8 Å². The van der Waals surface area contributed by atoms with Crippen LogP contribution in [0.1, 0.15) is 5.56 Å².